The number of nitrogens with one attached hydrogen (secondary N) is 1. The Morgan fingerprint density at radius 3 is 2.50 bits per heavy atom. The van der Waals surface area contributed by atoms with Crippen LogP contribution < -0.4 is 10.2 Å². The number of hydrogen-bond donors (Lipinski definition) is 1. The quantitative estimate of drug-likeness (QED) is 0.613. The van der Waals surface area contributed by atoms with E-state index in [9.17, 15) is 9.59 Å². The van der Waals surface area contributed by atoms with Crippen LogP contribution in [0.5, 0.6) is 0 Å². The molecule has 2 aliphatic rings. The first-order valence-corrected chi connectivity index (χ1v) is 11.1. The molecule has 0 unspecified atom stereocenters. The van der Waals surface area contributed by atoms with Crippen LogP contribution in [0.1, 0.15) is 49.3 Å². The van der Waals surface area contributed by atoms with Gasteiger partial charge in [-0.15, -0.1) is 0 Å². The molecule has 3 aromatic rings. The fraction of sp³-hybridized carbons (Fsp3) is 0.222. The van der Waals surface area contributed by atoms with Crippen LogP contribution in [0, 0.1) is 0 Å². The number of carbonyl (C=O) groups is 2. The summed E-state index contributed by atoms with van der Waals surface area (Å²) in [6, 6.07) is 21.3. The maximum absolute atomic E-state index is 13.7. The van der Waals surface area contributed by atoms with Crippen LogP contribution in [0.25, 0.3) is 0 Å². The number of hydrogen-bond acceptors (Lipinski definition) is 4. The molecule has 0 spiro atoms. The molecular weight excluding hydrogens is 398 g/mol. The van der Waals surface area contributed by atoms with E-state index >= 15 is 0 Å². The number of ketones is 1. The number of anilines is 2. The Kier molecular flexibility index (Phi) is 5.31. The summed E-state index contributed by atoms with van der Waals surface area (Å²) in [5.41, 5.74) is 5.19. The van der Waals surface area contributed by atoms with Crippen molar-refractivity contribution in [3.8, 4) is 0 Å². The number of para-hydroxylation sites is 2. The molecule has 5 nitrogen and oxygen atoms in total. The monoisotopic (exact) mass is 423 g/mol. The maximum Gasteiger partial charge on any atom is 0.227 e. The highest BCUT2D eigenvalue weighted by Gasteiger charge is 2.41. The van der Waals surface area contributed by atoms with Gasteiger partial charge in [0, 0.05) is 36.5 Å². The largest absolute Gasteiger partial charge is 0.357 e. The molecule has 5 rings (SSSR count). The predicted octanol–water partition coefficient (Wildman–Crippen LogP) is 5.39. The minimum Gasteiger partial charge on any atom is -0.357 e. The lowest BCUT2D eigenvalue weighted by atomic mass is 9.78. The highest BCUT2D eigenvalue weighted by Crippen LogP contribution is 2.47. The van der Waals surface area contributed by atoms with Gasteiger partial charge in [-0.3, -0.25) is 19.5 Å². The zero-order valence-corrected chi connectivity index (χ0v) is 18.0. The molecule has 0 bridgehead atoms. The van der Waals surface area contributed by atoms with Crippen LogP contribution >= 0.6 is 0 Å². The summed E-state index contributed by atoms with van der Waals surface area (Å²) in [4.78, 5) is 33.1. The predicted molar refractivity (Wildman–Crippen MR) is 125 cm³/mol. The Balaban J connectivity index is 1.71. The van der Waals surface area contributed by atoms with Gasteiger partial charge < -0.3 is 5.32 Å². The summed E-state index contributed by atoms with van der Waals surface area (Å²) >= 11 is 0. The third-order valence-electron chi connectivity index (χ3n) is 6.33. The Bertz CT molecular complexity index is 1190. The highest BCUT2D eigenvalue weighted by atomic mass is 16.2. The van der Waals surface area contributed by atoms with Gasteiger partial charge in [-0.25, -0.2) is 0 Å². The fourth-order valence-corrected chi connectivity index (χ4v) is 4.85. The lowest BCUT2D eigenvalue weighted by Gasteiger charge is -2.34. The van der Waals surface area contributed by atoms with E-state index in [2.05, 4.69) is 22.4 Å². The van der Waals surface area contributed by atoms with E-state index < -0.39 is 6.04 Å². The molecule has 0 fully saturated rings. The molecule has 1 N–H and O–H groups in total. The summed E-state index contributed by atoms with van der Waals surface area (Å²) < 4.78 is 0. The molecule has 1 aliphatic heterocycles. The molecule has 0 radical (unpaired) electrons. The molecule has 2 atom stereocenters. The van der Waals surface area contributed by atoms with Crippen molar-refractivity contribution < 1.29 is 9.59 Å². The van der Waals surface area contributed by atoms with Crippen LogP contribution in [-0.2, 0) is 9.59 Å². The molecule has 2 aromatic carbocycles. The molecule has 1 amide bonds. The number of nitrogens with zero attached hydrogens (tertiary/aromatic N) is 2. The number of Topliss-reactive ketones (excluding diaryl/α,β-unsaturated/α-hetero) is 1. The zero-order chi connectivity index (χ0) is 22.1. The zero-order valence-electron chi connectivity index (χ0n) is 18.0. The number of amides is 1. The maximum atomic E-state index is 13.7. The van der Waals surface area contributed by atoms with Gasteiger partial charge in [0.05, 0.1) is 17.4 Å². The minimum absolute atomic E-state index is 0.0279. The Hall–Kier alpha value is -3.73. The number of aromatic nitrogens is 1. The number of pyridine rings is 1. The second-order valence-electron chi connectivity index (χ2n) is 8.28. The summed E-state index contributed by atoms with van der Waals surface area (Å²) in [5.74, 6) is 0.146. The second kappa shape index (κ2) is 8.42. The summed E-state index contributed by atoms with van der Waals surface area (Å²) in [7, 11) is 0. The van der Waals surface area contributed by atoms with E-state index in [0.717, 1.165) is 28.2 Å². The lowest BCUT2D eigenvalue weighted by molar-refractivity contribution is -0.119. The molecular formula is C27H25N3O2. The highest BCUT2D eigenvalue weighted by molar-refractivity contribution is 6.06. The van der Waals surface area contributed by atoms with Crippen molar-refractivity contribution in [2.24, 2.45) is 0 Å². The van der Waals surface area contributed by atoms with E-state index in [4.69, 9.17) is 0 Å². The van der Waals surface area contributed by atoms with Gasteiger partial charge in [0.25, 0.3) is 0 Å². The van der Waals surface area contributed by atoms with Crippen LogP contribution in [0.3, 0.4) is 0 Å². The van der Waals surface area contributed by atoms with Crippen molar-refractivity contribution in [3.63, 3.8) is 0 Å². The first-order chi connectivity index (χ1) is 15.7. The summed E-state index contributed by atoms with van der Waals surface area (Å²) in [6.07, 6.45) is 4.95. The number of rotatable bonds is 3. The number of allylic oxidation sites excluding steroid dienone is 1. The van der Waals surface area contributed by atoms with Crippen molar-refractivity contribution >= 4 is 23.1 Å². The van der Waals surface area contributed by atoms with Crippen molar-refractivity contribution in [2.75, 3.05) is 10.2 Å². The minimum atomic E-state index is -0.508. The second-order valence-corrected chi connectivity index (χ2v) is 8.28. The Morgan fingerprint density at radius 2 is 1.75 bits per heavy atom. The number of benzene rings is 2. The molecule has 160 valence electrons. The Morgan fingerprint density at radius 1 is 1.00 bits per heavy atom. The normalized spacial score (nSPS) is 20.2. The van der Waals surface area contributed by atoms with Gasteiger partial charge in [-0.1, -0.05) is 55.5 Å². The van der Waals surface area contributed by atoms with E-state index in [1.165, 1.54) is 0 Å². The number of fused-ring (bicyclic) bond motifs is 1. The number of carbonyl (C=O) groups excluding carboxylic acids is 2. The average Bonchev–Trinajstić information content (AvgIpc) is 2.99. The molecule has 1 aliphatic carbocycles. The third kappa shape index (κ3) is 3.50. The van der Waals surface area contributed by atoms with E-state index in [1.807, 2.05) is 61.5 Å². The van der Waals surface area contributed by atoms with E-state index in [0.29, 0.717) is 24.8 Å². The van der Waals surface area contributed by atoms with Crippen molar-refractivity contribution in [1.29, 1.82) is 0 Å². The van der Waals surface area contributed by atoms with Crippen LogP contribution in [0.4, 0.5) is 11.4 Å². The van der Waals surface area contributed by atoms with Crippen molar-refractivity contribution in [1.82, 2.24) is 4.98 Å². The summed E-state index contributed by atoms with van der Waals surface area (Å²) in [5, 5.41) is 3.54. The smallest absolute Gasteiger partial charge is 0.227 e. The van der Waals surface area contributed by atoms with Gasteiger partial charge in [-0.05, 0) is 41.7 Å². The average molecular weight is 424 g/mol. The molecule has 0 saturated heterocycles. The SMILES string of the molecule is CCC(=O)N1c2ccccc2NC2=C(C(=O)C[C@H](c3ccccc3)C2)[C@H]1c1cccnc1. The van der Waals surface area contributed by atoms with Gasteiger partial charge in [-0.2, -0.15) is 0 Å². The molecule has 0 saturated carbocycles. The first kappa shape index (κ1) is 20.2. The van der Waals surface area contributed by atoms with Crippen molar-refractivity contribution in [3.05, 3.63) is 102 Å². The molecule has 2 heterocycles. The third-order valence-corrected chi connectivity index (χ3v) is 6.33. The van der Waals surface area contributed by atoms with Gasteiger partial charge in [0.2, 0.25) is 5.91 Å². The Labute approximate surface area is 187 Å². The van der Waals surface area contributed by atoms with E-state index in [1.54, 1.807) is 17.3 Å². The summed E-state index contributed by atoms with van der Waals surface area (Å²) in [6.45, 7) is 1.85. The van der Waals surface area contributed by atoms with Gasteiger partial charge >= 0.3 is 0 Å². The van der Waals surface area contributed by atoms with Crippen molar-refractivity contribution in [2.45, 2.75) is 38.1 Å². The van der Waals surface area contributed by atoms with Gasteiger partial charge in [0.1, 0.15) is 0 Å². The topological polar surface area (TPSA) is 62.3 Å². The van der Waals surface area contributed by atoms with Crippen LogP contribution in [0.15, 0.2) is 90.4 Å². The van der Waals surface area contributed by atoms with Gasteiger partial charge in [0.15, 0.2) is 5.78 Å². The molecule has 32 heavy (non-hydrogen) atoms. The molecule has 5 heteroatoms. The molecule has 1 aromatic heterocycles. The standard InChI is InChI=1S/C27H25N3O2/c1-2-25(32)30-23-13-7-6-12-21(23)29-22-15-20(18-9-4-3-5-10-18)16-24(31)26(22)27(30)19-11-8-14-28-17-19/h3-14,17,20,27,29H,2,15-16H2,1H3/t20-,27-/m1/s1. The van der Waals surface area contributed by atoms with Crippen LogP contribution in [-0.4, -0.2) is 16.7 Å². The first-order valence-electron chi connectivity index (χ1n) is 11.1. The van der Waals surface area contributed by atoms with E-state index in [-0.39, 0.29) is 17.6 Å². The lowest BCUT2D eigenvalue weighted by Crippen LogP contribution is -2.38. The fourth-order valence-electron chi connectivity index (χ4n) is 4.85. The van der Waals surface area contributed by atoms with Crippen LogP contribution in [0.2, 0.25) is 0 Å².